The zero-order chi connectivity index (χ0) is 19.9. The predicted molar refractivity (Wildman–Crippen MR) is 136 cm³/mol. The molecule has 0 aliphatic carbocycles. The van der Waals surface area contributed by atoms with Crippen molar-refractivity contribution in [2.45, 2.75) is 36.9 Å². The molecule has 2 heterocycles. The van der Waals surface area contributed by atoms with Gasteiger partial charge in [0, 0.05) is 36.0 Å². The molecule has 8 heteroatoms. The van der Waals surface area contributed by atoms with E-state index in [0.717, 1.165) is 19.5 Å². The molecule has 0 bridgehead atoms. The quantitative estimate of drug-likeness (QED) is 0.226. The molecule has 0 saturated heterocycles. The standard InChI is InChI=1S/C21H30N4OS2.HI/c1-15(14-26-2)24-21(22)23-12-19(16-4-6-18(27-3)7-5-16)25-10-8-20-17(13-25)9-11-28-20;/h4-7,9,11,15,19H,8,10,12-14H2,1-3H3,(H3,22,23,24);1H. The van der Waals surface area contributed by atoms with E-state index < -0.39 is 0 Å². The first-order valence-corrected chi connectivity index (χ1v) is 11.7. The van der Waals surface area contributed by atoms with Crippen molar-refractivity contribution in [3.63, 3.8) is 0 Å². The first kappa shape index (κ1) is 24.5. The number of methoxy groups -OCH3 is 1. The number of hydrogen-bond donors (Lipinski definition) is 2. The Morgan fingerprint density at radius 2 is 2.10 bits per heavy atom. The summed E-state index contributed by atoms with van der Waals surface area (Å²) in [5.74, 6) is 0.475. The Balaban J connectivity index is 0.00000300. The Kier molecular flexibility index (Phi) is 10.2. The van der Waals surface area contributed by atoms with Crippen molar-refractivity contribution in [2.75, 3.05) is 33.1 Å². The highest BCUT2D eigenvalue weighted by molar-refractivity contribution is 14.0. The topological polar surface area (TPSA) is 62.9 Å². The van der Waals surface area contributed by atoms with E-state index in [1.165, 1.54) is 20.9 Å². The van der Waals surface area contributed by atoms with Crippen molar-refractivity contribution in [2.24, 2.45) is 10.7 Å². The van der Waals surface area contributed by atoms with Gasteiger partial charge in [0.1, 0.15) is 0 Å². The summed E-state index contributed by atoms with van der Waals surface area (Å²) in [6.07, 6.45) is 3.21. The number of nitrogens with zero attached hydrogens (tertiary/aromatic N) is 2. The van der Waals surface area contributed by atoms with Gasteiger partial charge >= 0.3 is 0 Å². The zero-order valence-electron chi connectivity index (χ0n) is 17.3. The molecule has 1 aromatic heterocycles. The predicted octanol–water partition coefficient (Wildman–Crippen LogP) is 4.13. The summed E-state index contributed by atoms with van der Waals surface area (Å²) < 4.78 is 5.16. The van der Waals surface area contributed by atoms with Gasteiger partial charge in [0.15, 0.2) is 5.96 Å². The summed E-state index contributed by atoms with van der Waals surface area (Å²) in [5, 5.41) is 5.40. The van der Waals surface area contributed by atoms with E-state index >= 15 is 0 Å². The SMILES string of the molecule is COCC(C)NC(N)=NCC(c1ccc(SC)cc1)N1CCc2sccc2C1.I. The maximum atomic E-state index is 6.13. The minimum Gasteiger partial charge on any atom is -0.383 e. The normalized spacial score (nSPS) is 16.6. The lowest BCUT2D eigenvalue weighted by molar-refractivity contribution is 0.178. The second kappa shape index (κ2) is 12.1. The smallest absolute Gasteiger partial charge is 0.188 e. The third-order valence-corrected chi connectivity index (χ3v) is 6.79. The van der Waals surface area contributed by atoms with Crippen molar-refractivity contribution in [1.29, 1.82) is 0 Å². The van der Waals surface area contributed by atoms with E-state index in [4.69, 9.17) is 10.5 Å². The van der Waals surface area contributed by atoms with Crippen molar-refractivity contribution >= 4 is 53.0 Å². The minimum atomic E-state index is 0. The van der Waals surface area contributed by atoms with Gasteiger partial charge in [-0.3, -0.25) is 9.89 Å². The Bertz CT molecular complexity index is 781. The van der Waals surface area contributed by atoms with Gasteiger partial charge in [-0.2, -0.15) is 0 Å². The number of rotatable bonds is 8. The monoisotopic (exact) mass is 546 g/mol. The fraction of sp³-hybridized carbons (Fsp3) is 0.476. The summed E-state index contributed by atoms with van der Waals surface area (Å²) >= 11 is 3.64. The van der Waals surface area contributed by atoms with Crippen LogP contribution in [-0.4, -0.2) is 50.0 Å². The average Bonchev–Trinajstić information content (AvgIpc) is 3.16. The van der Waals surface area contributed by atoms with Crippen LogP contribution in [0.3, 0.4) is 0 Å². The highest BCUT2D eigenvalue weighted by Crippen LogP contribution is 2.31. The number of hydrogen-bond acceptors (Lipinski definition) is 5. The van der Waals surface area contributed by atoms with E-state index in [1.54, 1.807) is 18.9 Å². The molecule has 3 rings (SSSR count). The van der Waals surface area contributed by atoms with Gasteiger partial charge in [0.05, 0.1) is 19.2 Å². The van der Waals surface area contributed by atoms with Gasteiger partial charge in [-0.1, -0.05) is 12.1 Å². The molecule has 5 nitrogen and oxygen atoms in total. The third kappa shape index (κ3) is 6.85. The third-order valence-electron chi connectivity index (χ3n) is 5.02. The molecular formula is C21H31IN4OS2. The van der Waals surface area contributed by atoms with Gasteiger partial charge in [-0.15, -0.1) is 47.1 Å². The molecule has 0 amide bonds. The molecule has 1 aliphatic rings. The lowest BCUT2D eigenvalue weighted by atomic mass is 10.0. The highest BCUT2D eigenvalue weighted by atomic mass is 127. The van der Waals surface area contributed by atoms with Gasteiger partial charge < -0.3 is 15.8 Å². The van der Waals surface area contributed by atoms with Crippen molar-refractivity contribution in [3.05, 3.63) is 51.7 Å². The molecule has 0 radical (unpaired) electrons. The molecular weight excluding hydrogens is 515 g/mol. The van der Waals surface area contributed by atoms with Crippen LogP contribution in [0.2, 0.25) is 0 Å². The number of fused-ring (bicyclic) bond motifs is 1. The number of ether oxygens (including phenoxy) is 1. The van der Waals surface area contributed by atoms with Crippen molar-refractivity contribution < 1.29 is 4.74 Å². The lowest BCUT2D eigenvalue weighted by Gasteiger charge is -2.34. The molecule has 1 aromatic carbocycles. The fourth-order valence-electron chi connectivity index (χ4n) is 3.57. The van der Waals surface area contributed by atoms with Crippen LogP contribution in [0.15, 0.2) is 45.6 Å². The Morgan fingerprint density at radius 1 is 1.34 bits per heavy atom. The molecule has 160 valence electrons. The zero-order valence-corrected chi connectivity index (χ0v) is 21.2. The van der Waals surface area contributed by atoms with Crippen LogP contribution in [-0.2, 0) is 17.7 Å². The van der Waals surface area contributed by atoms with E-state index in [9.17, 15) is 0 Å². The summed E-state index contributed by atoms with van der Waals surface area (Å²) in [6.45, 7) is 5.29. The molecule has 2 aromatic rings. The molecule has 29 heavy (non-hydrogen) atoms. The second-order valence-electron chi connectivity index (χ2n) is 7.11. The molecule has 1 aliphatic heterocycles. The Labute approximate surface area is 199 Å². The minimum absolute atomic E-state index is 0. The van der Waals surface area contributed by atoms with Gasteiger partial charge in [-0.25, -0.2) is 0 Å². The van der Waals surface area contributed by atoms with Crippen LogP contribution >= 0.6 is 47.1 Å². The molecule has 3 N–H and O–H groups in total. The number of thiophene rings is 1. The highest BCUT2D eigenvalue weighted by Gasteiger charge is 2.25. The average molecular weight is 547 g/mol. The van der Waals surface area contributed by atoms with Crippen LogP contribution in [0.1, 0.15) is 29.0 Å². The number of aliphatic imine (C=N–C) groups is 1. The van der Waals surface area contributed by atoms with Crippen LogP contribution < -0.4 is 11.1 Å². The second-order valence-corrected chi connectivity index (χ2v) is 8.99. The summed E-state index contributed by atoms with van der Waals surface area (Å²) in [5.41, 5.74) is 8.87. The number of halogens is 1. The van der Waals surface area contributed by atoms with E-state index in [1.807, 2.05) is 18.3 Å². The summed E-state index contributed by atoms with van der Waals surface area (Å²) in [7, 11) is 1.69. The van der Waals surface area contributed by atoms with Gasteiger partial charge in [0.2, 0.25) is 0 Å². The first-order chi connectivity index (χ1) is 13.6. The van der Waals surface area contributed by atoms with Gasteiger partial charge in [-0.05, 0) is 54.3 Å². The van der Waals surface area contributed by atoms with Crippen LogP contribution in [0, 0.1) is 0 Å². The van der Waals surface area contributed by atoms with Crippen molar-refractivity contribution in [3.8, 4) is 0 Å². The number of nitrogens with one attached hydrogen (secondary N) is 1. The maximum Gasteiger partial charge on any atom is 0.188 e. The molecule has 0 saturated carbocycles. The summed E-state index contributed by atoms with van der Waals surface area (Å²) in [6, 6.07) is 11.4. The Morgan fingerprint density at radius 3 is 2.79 bits per heavy atom. The van der Waals surface area contributed by atoms with E-state index in [0.29, 0.717) is 19.1 Å². The largest absolute Gasteiger partial charge is 0.383 e. The number of thioether (sulfide) groups is 1. The summed E-state index contributed by atoms with van der Waals surface area (Å²) in [4.78, 5) is 9.99. The van der Waals surface area contributed by atoms with Crippen LogP contribution in [0.4, 0.5) is 0 Å². The van der Waals surface area contributed by atoms with Gasteiger partial charge in [0.25, 0.3) is 0 Å². The molecule has 2 unspecified atom stereocenters. The van der Waals surface area contributed by atoms with E-state index in [-0.39, 0.29) is 36.1 Å². The van der Waals surface area contributed by atoms with E-state index in [2.05, 4.69) is 57.2 Å². The number of nitrogens with two attached hydrogens (primary N) is 1. The number of guanidine groups is 1. The van der Waals surface area contributed by atoms with Crippen LogP contribution in [0.5, 0.6) is 0 Å². The lowest BCUT2D eigenvalue weighted by Crippen LogP contribution is -2.41. The van der Waals surface area contributed by atoms with Crippen LogP contribution in [0.25, 0.3) is 0 Å². The fourth-order valence-corrected chi connectivity index (χ4v) is 4.87. The van der Waals surface area contributed by atoms with Crippen molar-refractivity contribution in [1.82, 2.24) is 10.2 Å². The first-order valence-electron chi connectivity index (χ1n) is 9.59. The number of benzene rings is 1. The molecule has 0 fully saturated rings. The maximum absolute atomic E-state index is 6.13. The molecule has 0 spiro atoms. The molecule has 2 atom stereocenters. The Hall–Kier alpha value is -0.810.